The van der Waals surface area contributed by atoms with Crippen molar-refractivity contribution >= 4 is 39.7 Å². The number of thiophene rings is 1. The van der Waals surface area contributed by atoms with Crippen molar-refractivity contribution in [2.75, 3.05) is 0 Å². The van der Waals surface area contributed by atoms with Crippen molar-refractivity contribution in [3.8, 4) is 5.75 Å². The molecule has 0 saturated carbocycles. The summed E-state index contributed by atoms with van der Waals surface area (Å²) in [6, 6.07) is 7.06. The minimum atomic E-state index is -4.68. The van der Waals surface area contributed by atoms with Gasteiger partial charge < -0.3 is 10.5 Å². The fraction of sp³-hybridized carbons (Fsp3) is 0.167. The van der Waals surface area contributed by atoms with E-state index >= 15 is 0 Å². The zero-order valence-electron chi connectivity index (χ0n) is 9.86. The molecule has 0 aliphatic carbocycles. The first kappa shape index (κ1) is 17.3. The smallest absolute Gasteiger partial charge is 0.406 e. The van der Waals surface area contributed by atoms with E-state index in [9.17, 15) is 13.2 Å². The molecule has 2 aromatic rings. The average molecular weight is 389 g/mol. The van der Waals surface area contributed by atoms with Gasteiger partial charge in [-0.2, -0.15) is 0 Å². The number of halogens is 5. The van der Waals surface area contributed by atoms with Gasteiger partial charge in [0.05, 0.1) is 6.04 Å². The van der Waals surface area contributed by atoms with Crippen molar-refractivity contribution in [1.29, 1.82) is 0 Å². The average Bonchev–Trinajstić information content (AvgIpc) is 2.73. The van der Waals surface area contributed by atoms with Crippen LogP contribution >= 0.6 is 39.7 Å². The molecule has 0 fully saturated rings. The molecule has 0 radical (unpaired) electrons. The Morgan fingerprint density at radius 2 is 1.75 bits per heavy atom. The standard InChI is InChI=1S/C12H9BrF3NOS.ClH/c13-9-5-6-19-11(9)10(17)7-1-3-8(4-2-7)18-12(14,15)16;/h1-6,10H,17H2;1H/t10-;/m0./s1. The maximum Gasteiger partial charge on any atom is 0.573 e. The van der Waals surface area contributed by atoms with Crippen molar-refractivity contribution in [3.63, 3.8) is 0 Å². The van der Waals surface area contributed by atoms with E-state index in [1.54, 1.807) is 0 Å². The monoisotopic (exact) mass is 387 g/mol. The zero-order chi connectivity index (χ0) is 14.0. The van der Waals surface area contributed by atoms with Crippen molar-refractivity contribution in [2.24, 2.45) is 5.73 Å². The quantitative estimate of drug-likeness (QED) is 0.813. The Bertz CT molecular complexity index is 559. The Morgan fingerprint density at radius 3 is 2.20 bits per heavy atom. The van der Waals surface area contributed by atoms with E-state index in [2.05, 4.69) is 20.7 Å². The van der Waals surface area contributed by atoms with E-state index < -0.39 is 6.36 Å². The third kappa shape index (κ3) is 4.37. The summed E-state index contributed by atoms with van der Waals surface area (Å²) < 4.78 is 40.8. The molecule has 110 valence electrons. The van der Waals surface area contributed by atoms with Crippen molar-refractivity contribution in [1.82, 2.24) is 0 Å². The third-order valence-corrected chi connectivity index (χ3v) is 4.35. The van der Waals surface area contributed by atoms with Gasteiger partial charge in [0.25, 0.3) is 0 Å². The van der Waals surface area contributed by atoms with Gasteiger partial charge in [-0.1, -0.05) is 12.1 Å². The number of rotatable bonds is 3. The summed E-state index contributed by atoms with van der Waals surface area (Å²) in [6.07, 6.45) is -4.68. The van der Waals surface area contributed by atoms with E-state index in [0.717, 1.165) is 14.9 Å². The van der Waals surface area contributed by atoms with E-state index in [1.807, 2.05) is 11.4 Å². The lowest BCUT2D eigenvalue weighted by atomic mass is 10.1. The van der Waals surface area contributed by atoms with Gasteiger partial charge in [0.15, 0.2) is 0 Å². The second kappa shape index (κ2) is 6.80. The summed E-state index contributed by atoms with van der Waals surface area (Å²) in [7, 11) is 0. The predicted molar refractivity (Wildman–Crippen MR) is 78.4 cm³/mol. The van der Waals surface area contributed by atoms with Gasteiger partial charge in [0, 0.05) is 9.35 Å². The number of hydrogen-bond acceptors (Lipinski definition) is 3. The van der Waals surface area contributed by atoms with E-state index in [-0.39, 0.29) is 24.2 Å². The second-order valence-electron chi connectivity index (χ2n) is 3.73. The van der Waals surface area contributed by atoms with Gasteiger partial charge in [0.2, 0.25) is 0 Å². The lowest BCUT2D eigenvalue weighted by Crippen LogP contribution is -2.17. The molecule has 2 N–H and O–H groups in total. The first-order valence-corrected chi connectivity index (χ1v) is 6.88. The molecule has 2 nitrogen and oxygen atoms in total. The van der Waals surface area contributed by atoms with Crippen LogP contribution in [-0.2, 0) is 0 Å². The molecular weight excluding hydrogens is 379 g/mol. The Hall–Kier alpha value is -0.760. The summed E-state index contributed by atoms with van der Waals surface area (Å²) in [6.45, 7) is 0. The SMILES string of the molecule is Cl.N[C@@H](c1ccc(OC(F)(F)F)cc1)c1sccc1Br. The van der Waals surface area contributed by atoms with Gasteiger partial charge in [-0.25, -0.2) is 0 Å². The van der Waals surface area contributed by atoms with Gasteiger partial charge in [-0.3, -0.25) is 0 Å². The Balaban J connectivity index is 0.00000200. The van der Waals surface area contributed by atoms with Crippen LogP contribution in [0.1, 0.15) is 16.5 Å². The molecule has 0 spiro atoms. The highest BCUT2D eigenvalue weighted by atomic mass is 79.9. The first-order valence-electron chi connectivity index (χ1n) is 5.21. The Kier molecular flexibility index (Phi) is 5.88. The molecular formula is C12H10BrClF3NOS. The largest absolute Gasteiger partial charge is 0.573 e. The zero-order valence-corrected chi connectivity index (χ0v) is 13.1. The number of nitrogens with two attached hydrogens (primary N) is 1. The van der Waals surface area contributed by atoms with E-state index in [0.29, 0.717) is 0 Å². The molecule has 0 unspecified atom stereocenters. The lowest BCUT2D eigenvalue weighted by Gasteiger charge is -2.13. The van der Waals surface area contributed by atoms with Crippen LogP contribution in [0.3, 0.4) is 0 Å². The highest BCUT2D eigenvalue weighted by Crippen LogP contribution is 2.32. The second-order valence-corrected chi connectivity index (χ2v) is 5.53. The normalized spacial score (nSPS) is 12.7. The van der Waals surface area contributed by atoms with Gasteiger partial charge >= 0.3 is 6.36 Å². The summed E-state index contributed by atoms with van der Waals surface area (Å²) in [5, 5.41) is 1.89. The molecule has 20 heavy (non-hydrogen) atoms. The van der Waals surface area contributed by atoms with Gasteiger partial charge in [-0.15, -0.1) is 36.9 Å². The minimum absolute atomic E-state index is 0. The molecule has 1 heterocycles. The molecule has 8 heteroatoms. The number of alkyl halides is 3. The van der Waals surface area contributed by atoms with E-state index in [1.165, 1.54) is 35.6 Å². The summed E-state index contributed by atoms with van der Waals surface area (Å²) in [5.74, 6) is -0.256. The van der Waals surface area contributed by atoms with E-state index in [4.69, 9.17) is 5.73 Å². The van der Waals surface area contributed by atoms with Crippen LogP contribution in [-0.4, -0.2) is 6.36 Å². The maximum atomic E-state index is 12.0. The maximum absolute atomic E-state index is 12.0. The summed E-state index contributed by atoms with van der Waals surface area (Å²) in [5.41, 5.74) is 6.78. The minimum Gasteiger partial charge on any atom is -0.406 e. The number of ether oxygens (including phenoxy) is 1. The van der Waals surface area contributed by atoms with Gasteiger partial charge in [-0.05, 0) is 45.1 Å². The van der Waals surface area contributed by atoms with Crippen molar-refractivity contribution in [2.45, 2.75) is 12.4 Å². The number of benzene rings is 1. The van der Waals surface area contributed by atoms with Crippen LogP contribution in [0.15, 0.2) is 40.2 Å². The Labute approximate surface area is 132 Å². The topological polar surface area (TPSA) is 35.2 Å². The van der Waals surface area contributed by atoms with Crippen LogP contribution in [0.2, 0.25) is 0 Å². The number of hydrogen-bond donors (Lipinski definition) is 1. The van der Waals surface area contributed by atoms with Crippen LogP contribution < -0.4 is 10.5 Å². The highest BCUT2D eigenvalue weighted by Gasteiger charge is 2.31. The molecule has 0 bridgehead atoms. The molecule has 1 atom stereocenters. The molecule has 2 rings (SSSR count). The first-order chi connectivity index (χ1) is 8.87. The molecule has 0 saturated heterocycles. The Morgan fingerprint density at radius 1 is 1.15 bits per heavy atom. The summed E-state index contributed by atoms with van der Waals surface area (Å²) >= 11 is 4.86. The highest BCUT2D eigenvalue weighted by molar-refractivity contribution is 9.10. The molecule has 0 aliphatic heterocycles. The molecule has 0 amide bonds. The van der Waals surface area contributed by atoms with Gasteiger partial charge in [0.1, 0.15) is 5.75 Å². The molecule has 0 aliphatic rings. The fourth-order valence-electron chi connectivity index (χ4n) is 1.56. The molecule has 1 aromatic carbocycles. The van der Waals surface area contributed by atoms with Crippen LogP contribution in [0.25, 0.3) is 0 Å². The van der Waals surface area contributed by atoms with Crippen molar-refractivity contribution in [3.05, 3.63) is 50.6 Å². The lowest BCUT2D eigenvalue weighted by molar-refractivity contribution is -0.274. The fourth-order valence-corrected chi connectivity index (χ4v) is 3.20. The van der Waals surface area contributed by atoms with Crippen LogP contribution in [0.4, 0.5) is 13.2 Å². The third-order valence-electron chi connectivity index (χ3n) is 2.40. The molecule has 1 aromatic heterocycles. The predicted octanol–water partition coefficient (Wildman–Crippen LogP) is 4.88. The van der Waals surface area contributed by atoms with Crippen LogP contribution in [0, 0.1) is 0 Å². The van der Waals surface area contributed by atoms with Crippen molar-refractivity contribution < 1.29 is 17.9 Å². The van der Waals surface area contributed by atoms with Crippen LogP contribution in [0.5, 0.6) is 5.75 Å². The summed E-state index contributed by atoms with van der Waals surface area (Å²) in [4.78, 5) is 0.921.